The maximum atomic E-state index is 13.4. The van der Waals surface area contributed by atoms with Crippen LogP contribution in [0.3, 0.4) is 0 Å². The van der Waals surface area contributed by atoms with Gasteiger partial charge < -0.3 is 10.2 Å². The van der Waals surface area contributed by atoms with Crippen LogP contribution in [0.1, 0.15) is 31.9 Å². The highest BCUT2D eigenvalue weighted by Gasteiger charge is 2.33. The lowest BCUT2D eigenvalue weighted by molar-refractivity contribution is -0.138. The zero-order chi connectivity index (χ0) is 27.1. The number of nitrogens with zero attached hydrogens (tertiary/aromatic N) is 2. The van der Waals surface area contributed by atoms with Crippen LogP contribution >= 0.6 is 0 Å². The van der Waals surface area contributed by atoms with Gasteiger partial charge >= 0.3 is 6.18 Å². The molecule has 0 aliphatic carbocycles. The van der Waals surface area contributed by atoms with Crippen LogP contribution in [0.5, 0.6) is 0 Å². The molecule has 36 heavy (non-hydrogen) atoms. The molecule has 0 aromatic heterocycles. The second-order valence-electron chi connectivity index (χ2n) is 8.96. The van der Waals surface area contributed by atoms with Gasteiger partial charge in [0, 0.05) is 13.1 Å². The fraction of sp³-hybridized carbons (Fsp3) is 0.440. The molecule has 1 atom stereocenters. The van der Waals surface area contributed by atoms with Gasteiger partial charge in [-0.05, 0) is 43.0 Å². The quantitative estimate of drug-likeness (QED) is 0.483. The first-order valence-corrected chi connectivity index (χ1v) is 13.3. The predicted octanol–water partition coefficient (Wildman–Crippen LogP) is 3.70. The summed E-state index contributed by atoms with van der Waals surface area (Å²) in [5.74, 6) is -0.938. The van der Waals surface area contributed by atoms with E-state index < -0.39 is 46.2 Å². The number of anilines is 1. The highest BCUT2D eigenvalue weighted by molar-refractivity contribution is 7.92. The highest BCUT2D eigenvalue weighted by atomic mass is 32.2. The molecular weight excluding hydrogens is 495 g/mol. The lowest BCUT2D eigenvalue weighted by Crippen LogP contribution is -2.52. The predicted molar refractivity (Wildman–Crippen MR) is 133 cm³/mol. The van der Waals surface area contributed by atoms with Crippen molar-refractivity contribution in [1.82, 2.24) is 10.2 Å². The first kappa shape index (κ1) is 29.2. The molecule has 2 aromatic carbocycles. The van der Waals surface area contributed by atoms with Crippen LogP contribution in [0.25, 0.3) is 0 Å². The average molecular weight is 528 g/mol. The van der Waals surface area contributed by atoms with Crippen LogP contribution in [0.4, 0.5) is 18.9 Å². The van der Waals surface area contributed by atoms with Crippen LogP contribution in [0, 0.1) is 5.92 Å². The molecule has 0 unspecified atom stereocenters. The summed E-state index contributed by atoms with van der Waals surface area (Å²) in [7, 11) is -4.13. The molecule has 0 aliphatic rings. The Morgan fingerprint density at radius 2 is 1.64 bits per heavy atom. The molecule has 0 heterocycles. The molecule has 198 valence electrons. The second-order valence-corrected chi connectivity index (χ2v) is 10.9. The van der Waals surface area contributed by atoms with E-state index in [9.17, 15) is 31.2 Å². The van der Waals surface area contributed by atoms with Gasteiger partial charge in [0.15, 0.2) is 0 Å². The summed E-state index contributed by atoms with van der Waals surface area (Å²) in [6.45, 7) is 5.12. The Morgan fingerprint density at radius 3 is 2.19 bits per heavy atom. The van der Waals surface area contributed by atoms with Crippen LogP contribution in [-0.2, 0) is 32.2 Å². The normalized spacial score (nSPS) is 12.8. The van der Waals surface area contributed by atoms with E-state index in [0.717, 1.165) is 24.0 Å². The van der Waals surface area contributed by atoms with Gasteiger partial charge in [0.25, 0.3) is 0 Å². The fourth-order valence-corrected chi connectivity index (χ4v) is 4.32. The van der Waals surface area contributed by atoms with Crippen molar-refractivity contribution in [1.29, 1.82) is 0 Å². The maximum absolute atomic E-state index is 13.4. The lowest BCUT2D eigenvalue weighted by atomic mass is 10.1. The van der Waals surface area contributed by atoms with Crippen LogP contribution in [0.15, 0.2) is 54.6 Å². The van der Waals surface area contributed by atoms with E-state index >= 15 is 0 Å². The van der Waals surface area contributed by atoms with Crippen LogP contribution in [-0.4, -0.2) is 57.1 Å². The molecule has 2 aromatic rings. The number of hydrogen-bond donors (Lipinski definition) is 1. The van der Waals surface area contributed by atoms with E-state index in [1.807, 2.05) is 44.2 Å². The van der Waals surface area contributed by atoms with Crippen molar-refractivity contribution in [2.75, 3.05) is 30.2 Å². The van der Waals surface area contributed by atoms with Crippen molar-refractivity contribution in [3.63, 3.8) is 0 Å². The summed E-state index contributed by atoms with van der Waals surface area (Å²) in [6, 6.07) is 12.1. The summed E-state index contributed by atoms with van der Waals surface area (Å²) in [5.41, 5.74) is -0.424. The molecule has 0 radical (unpaired) electrons. The Balaban J connectivity index is 2.35. The molecule has 2 amide bonds. The number of halogens is 3. The number of nitrogens with one attached hydrogen (secondary N) is 1. The SMILES string of the molecule is CC(C)CNC(=O)[C@H](C)N(CCc1ccccc1)C(=O)CN(c1cccc(C(F)(F)F)c1)S(C)(=O)=O. The average Bonchev–Trinajstić information content (AvgIpc) is 2.80. The molecule has 0 saturated carbocycles. The monoisotopic (exact) mass is 527 g/mol. The zero-order valence-corrected chi connectivity index (χ0v) is 21.6. The number of carbonyl (C=O) groups is 2. The molecule has 11 heteroatoms. The number of amides is 2. The van der Waals surface area contributed by atoms with Gasteiger partial charge in [-0.15, -0.1) is 0 Å². The molecule has 0 aliphatic heterocycles. The van der Waals surface area contributed by atoms with Gasteiger partial charge in [-0.1, -0.05) is 50.2 Å². The second kappa shape index (κ2) is 12.2. The standard InChI is InChI=1S/C25H32F3N3O4S/c1-18(2)16-29-24(33)19(3)30(14-13-20-9-6-5-7-10-20)23(32)17-31(36(4,34)35)22-12-8-11-21(15-22)25(26,27)28/h5-12,15,18-19H,13-14,16-17H2,1-4H3,(H,29,33)/t19-/m0/s1. The molecule has 1 N–H and O–H groups in total. The van der Waals surface area contributed by atoms with Crippen molar-refractivity contribution in [3.05, 3.63) is 65.7 Å². The van der Waals surface area contributed by atoms with Gasteiger partial charge in [-0.2, -0.15) is 13.2 Å². The number of benzene rings is 2. The summed E-state index contributed by atoms with van der Waals surface area (Å²) in [6.07, 6.45) is -3.47. The Labute approximate surface area is 210 Å². The van der Waals surface area contributed by atoms with E-state index in [0.29, 0.717) is 23.3 Å². The number of carbonyl (C=O) groups excluding carboxylic acids is 2. The van der Waals surface area contributed by atoms with Crippen molar-refractivity contribution in [3.8, 4) is 0 Å². The summed E-state index contributed by atoms with van der Waals surface area (Å²) in [5, 5.41) is 2.77. The van der Waals surface area contributed by atoms with Gasteiger partial charge in [-0.3, -0.25) is 13.9 Å². The Bertz CT molecular complexity index is 1140. The third-order valence-corrected chi connectivity index (χ3v) is 6.62. The Morgan fingerprint density at radius 1 is 1.00 bits per heavy atom. The maximum Gasteiger partial charge on any atom is 0.416 e. The van der Waals surface area contributed by atoms with Gasteiger partial charge in [0.05, 0.1) is 17.5 Å². The van der Waals surface area contributed by atoms with Gasteiger partial charge in [0.1, 0.15) is 12.6 Å². The number of rotatable bonds is 11. The number of alkyl halides is 3. The Hall–Kier alpha value is -3.08. The molecular formula is C25H32F3N3O4S. The summed E-state index contributed by atoms with van der Waals surface area (Å²) in [4.78, 5) is 27.4. The zero-order valence-electron chi connectivity index (χ0n) is 20.7. The highest BCUT2D eigenvalue weighted by Crippen LogP contribution is 2.32. The van der Waals surface area contributed by atoms with E-state index in [-0.39, 0.29) is 18.2 Å². The van der Waals surface area contributed by atoms with E-state index in [1.54, 1.807) is 0 Å². The van der Waals surface area contributed by atoms with Crippen LogP contribution in [0.2, 0.25) is 0 Å². The van der Waals surface area contributed by atoms with E-state index in [2.05, 4.69) is 5.32 Å². The number of hydrogen-bond acceptors (Lipinski definition) is 4. The minimum Gasteiger partial charge on any atom is -0.354 e. The minimum atomic E-state index is -4.69. The lowest BCUT2D eigenvalue weighted by Gasteiger charge is -2.31. The molecule has 0 spiro atoms. The Kier molecular flexibility index (Phi) is 9.92. The number of sulfonamides is 1. The van der Waals surface area contributed by atoms with E-state index in [4.69, 9.17) is 0 Å². The largest absolute Gasteiger partial charge is 0.416 e. The summed E-state index contributed by atoms with van der Waals surface area (Å²) >= 11 is 0. The third-order valence-electron chi connectivity index (χ3n) is 5.48. The van der Waals surface area contributed by atoms with Crippen molar-refractivity contribution >= 4 is 27.5 Å². The molecule has 0 bridgehead atoms. The fourth-order valence-electron chi connectivity index (χ4n) is 3.47. The van der Waals surface area contributed by atoms with Crippen LogP contribution < -0.4 is 9.62 Å². The smallest absolute Gasteiger partial charge is 0.354 e. The summed E-state index contributed by atoms with van der Waals surface area (Å²) < 4.78 is 65.3. The third kappa shape index (κ3) is 8.54. The minimum absolute atomic E-state index is 0.110. The first-order valence-electron chi connectivity index (χ1n) is 11.5. The molecule has 2 rings (SSSR count). The van der Waals surface area contributed by atoms with E-state index in [1.165, 1.54) is 17.9 Å². The van der Waals surface area contributed by atoms with Gasteiger partial charge in [-0.25, -0.2) is 8.42 Å². The topological polar surface area (TPSA) is 86.8 Å². The molecule has 7 nitrogen and oxygen atoms in total. The van der Waals surface area contributed by atoms with Gasteiger partial charge in [0.2, 0.25) is 21.8 Å². The van der Waals surface area contributed by atoms with Crippen molar-refractivity contribution < 1.29 is 31.2 Å². The van der Waals surface area contributed by atoms with Crippen molar-refractivity contribution in [2.24, 2.45) is 5.92 Å². The van der Waals surface area contributed by atoms with Crippen molar-refractivity contribution in [2.45, 2.75) is 39.4 Å². The molecule has 0 fully saturated rings. The molecule has 0 saturated heterocycles. The first-order chi connectivity index (χ1) is 16.7.